The Morgan fingerprint density at radius 1 is 1.29 bits per heavy atom. The number of aromatic nitrogens is 1. The minimum absolute atomic E-state index is 0.0464. The highest BCUT2D eigenvalue weighted by atomic mass is 16.6. The van der Waals surface area contributed by atoms with E-state index < -0.39 is 37.3 Å². The van der Waals surface area contributed by atoms with Gasteiger partial charge in [0.05, 0.1) is 12.6 Å². The van der Waals surface area contributed by atoms with Gasteiger partial charge in [-0.2, -0.15) is 4.57 Å². The van der Waals surface area contributed by atoms with Gasteiger partial charge in [0.2, 0.25) is 5.91 Å². The average Bonchev–Trinajstić information content (AvgIpc) is 2.92. The van der Waals surface area contributed by atoms with Gasteiger partial charge in [-0.3, -0.25) is 4.79 Å². The van der Waals surface area contributed by atoms with Crippen LogP contribution in [0.1, 0.15) is 30.7 Å². The number of nitrogens with zero attached hydrogens (tertiary/aromatic N) is 2. The second-order valence-electron chi connectivity index (χ2n) is 6.36. The minimum atomic E-state index is -1.42. The van der Waals surface area contributed by atoms with Crippen molar-refractivity contribution in [3.63, 3.8) is 0 Å². The highest BCUT2D eigenvalue weighted by Gasteiger charge is 2.48. The van der Waals surface area contributed by atoms with E-state index in [9.17, 15) is 25.2 Å². The number of aliphatic hydroxyl groups is 4. The topological polar surface area (TPSA) is 114 Å². The van der Waals surface area contributed by atoms with E-state index in [4.69, 9.17) is 4.74 Å². The van der Waals surface area contributed by atoms with Gasteiger partial charge in [-0.05, 0) is 12.5 Å². The molecule has 4 N–H and O–H groups in total. The van der Waals surface area contributed by atoms with Crippen LogP contribution in [-0.2, 0) is 9.53 Å². The van der Waals surface area contributed by atoms with Crippen molar-refractivity contribution in [3.05, 3.63) is 30.1 Å². The highest BCUT2D eigenvalue weighted by Crippen LogP contribution is 2.31. The molecule has 0 bridgehead atoms. The fourth-order valence-corrected chi connectivity index (χ4v) is 3.39. The van der Waals surface area contributed by atoms with Gasteiger partial charge in [0.1, 0.15) is 18.3 Å². The summed E-state index contributed by atoms with van der Waals surface area (Å²) in [6.07, 6.45) is -1.41. The van der Waals surface area contributed by atoms with E-state index in [1.54, 1.807) is 35.0 Å². The lowest BCUT2D eigenvalue weighted by Gasteiger charge is -2.36. The summed E-state index contributed by atoms with van der Waals surface area (Å²) in [6, 6.07) is 3.61. The van der Waals surface area contributed by atoms with E-state index in [-0.39, 0.29) is 11.9 Å². The first-order valence-corrected chi connectivity index (χ1v) is 8.01. The third kappa shape index (κ3) is 2.91. The lowest BCUT2D eigenvalue weighted by Crippen LogP contribution is -2.62. The molecule has 2 saturated heterocycles. The number of carbonyl (C=O) groups excluding carboxylic acids is 1. The largest absolute Gasteiger partial charge is 0.394 e. The van der Waals surface area contributed by atoms with Crippen LogP contribution in [0.25, 0.3) is 0 Å². The molecule has 0 saturated carbocycles. The van der Waals surface area contributed by atoms with Gasteiger partial charge in [-0.25, -0.2) is 0 Å². The van der Waals surface area contributed by atoms with Gasteiger partial charge in [0.25, 0.3) is 6.23 Å². The standard InChI is InChI=1S/C16H23N2O6/c1-17-10(4-5-12(17)20)9-3-2-6-18(7-9)16-15(23)14(22)13(21)11(8-19)24-16/h2-3,6-7,10-11,13-16,19,21-23H,4-5,8H2,1H3/q+1/t10-,11?,13?,14?,15?,16?/m0/s1. The summed E-state index contributed by atoms with van der Waals surface area (Å²) in [6.45, 7) is -0.471. The van der Waals surface area contributed by atoms with E-state index in [2.05, 4.69) is 0 Å². The summed E-state index contributed by atoms with van der Waals surface area (Å²) in [5, 5.41) is 39.3. The zero-order valence-corrected chi connectivity index (χ0v) is 13.4. The maximum atomic E-state index is 11.7. The Kier molecular flexibility index (Phi) is 4.84. The first kappa shape index (κ1) is 17.2. The molecule has 2 fully saturated rings. The molecule has 1 amide bonds. The van der Waals surface area contributed by atoms with Crippen molar-refractivity contribution in [3.8, 4) is 0 Å². The van der Waals surface area contributed by atoms with Crippen molar-refractivity contribution in [1.29, 1.82) is 0 Å². The van der Waals surface area contributed by atoms with Crippen LogP contribution in [0.4, 0.5) is 0 Å². The zero-order chi connectivity index (χ0) is 17.4. The Morgan fingerprint density at radius 2 is 2.04 bits per heavy atom. The Morgan fingerprint density at radius 3 is 2.67 bits per heavy atom. The molecule has 8 heteroatoms. The summed E-state index contributed by atoms with van der Waals surface area (Å²) in [7, 11) is 1.76. The van der Waals surface area contributed by atoms with Crippen LogP contribution in [0.3, 0.4) is 0 Å². The summed E-state index contributed by atoms with van der Waals surface area (Å²) in [4.78, 5) is 13.4. The number of pyridine rings is 1. The Balaban J connectivity index is 1.87. The maximum Gasteiger partial charge on any atom is 0.292 e. The van der Waals surface area contributed by atoms with E-state index in [1.165, 1.54) is 0 Å². The maximum absolute atomic E-state index is 11.7. The molecule has 0 radical (unpaired) electrons. The monoisotopic (exact) mass is 339 g/mol. The van der Waals surface area contributed by atoms with Gasteiger partial charge in [-0.1, -0.05) is 0 Å². The predicted molar refractivity (Wildman–Crippen MR) is 80.4 cm³/mol. The number of hydrogen-bond donors (Lipinski definition) is 4. The Bertz CT molecular complexity index is 610. The number of likely N-dealkylation sites (tertiary alicyclic amines) is 1. The molecule has 1 aromatic heterocycles. The zero-order valence-electron chi connectivity index (χ0n) is 13.4. The second kappa shape index (κ2) is 6.73. The van der Waals surface area contributed by atoms with Gasteiger partial charge in [0.15, 0.2) is 18.5 Å². The van der Waals surface area contributed by atoms with Crippen LogP contribution in [-0.4, -0.2) is 69.3 Å². The minimum Gasteiger partial charge on any atom is -0.394 e. The van der Waals surface area contributed by atoms with Gasteiger partial charge in [-0.15, -0.1) is 0 Å². The molecule has 6 atom stereocenters. The molecule has 8 nitrogen and oxygen atoms in total. The quantitative estimate of drug-likeness (QED) is 0.485. The fraction of sp³-hybridized carbons (Fsp3) is 0.625. The smallest absolute Gasteiger partial charge is 0.292 e. The van der Waals surface area contributed by atoms with Crippen molar-refractivity contribution < 1.29 is 34.5 Å². The molecule has 5 unspecified atom stereocenters. The number of hydrogen-bond acceptors (Lipinski definition) is 6. The molecule has 132 valence electrons. The fourth-order valence-electron chi connectivity index (χ4n) is 3.39. The number of amides is 1. The van der Waals surface area contributed by atoms with E-state index >= 15 is 0 Å². The number of ether oxygens (including phenoxy) is 1. The number of rotatable bonds is 3. The SMILES string of the molecule is CN1C(=O)CC[C@H]1c1ccc[n+](C2OC(CO)C(O)C(O)C2O)c1. The first-order valence-electron chi connectivity index (χ1n) is 8.01. The van der Waals surface area contributed by atoms with Gasteiger partial charge in [0, 0.05) is 25.1 Å². The van der Waals surface area contributed by atoms with Crippen molar-refractivity contribution in [2.24, 2.45) is 0 Å². The van der Waals surface area contributed by atoms with Crippen LogP contribution in [0.2, 0.25) is 0 Å². The molecule has 3 rings (SSSR count). The average molecular weight is 339 g/mol. The molecule has 2 aliphatic rings. The third-order valence-corrected chi connectivity index (χ3v) is 4.88. The lowest BCUT2D eigenvalue weighted by molar-refractivity contribution is -0.778. The third-order valence-electron chi connectivity index (χ3n) is 4.88. The molecule has 3 heterocycles. The summed E-state index contributed by atoms with van der Waals surface area (Å²) in [5.74, 6) is 0.0863. The van der Waals surface area contributed by atoms with Crippen LogP contribution in [0.15, 0.2) is 24.5 Å². The molecule has 0 spiro atoms. The first-order chi connectivity index (χ1) is 11.4. The second-order valence-corrected chi connectivity index (χ2v) is 6.36. The Labute approximate surface area is 139 Å². The van der Waals surface area contributed by atoms with Crippen molar-refractivity contribution in [1.82, 2.24) is 4.90 Å². The molecular weight excluding hydrogens is 316 g/mol. The molecular formula is C16H23N2O6+. The highest BCUT2D eigenvalue weighted by molar-refractivity contribution is 5.78. The van der Waals surface area contributed by atoms with E-state index in [1.807, 2.05) is 6.07 Å². The summed E-state index contributed by atoms with van der Waals surface area (Å²) in [5.41, 5.74) is 0.891. The molecule has 24 heavy (non-hydrogen) atoms. The number of aliphatic hydroxyl groups excluding tert-OH is 4. The number of carbonyl (C=O) groups is 1. The van der Waals surface area contributed by atoms with Crippen molar-refractivity contribution in [2.45, 2.75) is 49.5 Å². The summed E-state index contributed by atoms with van der Waals surface area (Å²) < 4.78 is 7.15. The lowest BCUT2D eigenvalue weighted by atomic mass is 9.98. The van der Waals surface area contributed by atoms with Gasteiger partial charge >= 0.3 is 0 Å². The van der Waals surface area contributed by atoms with Crippen LogP contribution in [0, 0.1) is 0 Å². The van der Waals surface area contributed by atoms with E-state index in [0.29, 0.717) is 12.8 Å². The molecule has 0 aromatic carbocycles. The normalized spacial score (nSPS) is 37.0. The molecule has 2 aliphatic heterocycles. The van der Waals surface area contributed by atoms with Crippen LogP contribution in [0.5, 0.6) is 0 Å². The Hall–Kier alpha value is -1.58. The van der Waals surface area contributed by atoms with E-state index in [0.717, 1.165) is 5.56 Å². The van der Waals surface area contributed by atoms with Crippen LogP contribution >= 0.6 is 0 Å². The van der Waals surface area contributed by atoms with Crippen LogP contribution < -0.4 is 4.57 Å². The predicted octanol–water partition coefficient (Wildman–Crippen LogP) is -1.76. The van der Waals surface area contributed by atoms with Crippen molar-refractivity contribution in [2.75, 3.05) is 13.7 Å². The summed E-state index contributed by atoms with van der Waals surface area (Å²) >= 11 is 0. The molecule has 0 aliphatic carbocycles. The van der Waals surface area contributed by atoms with Gasteiger partial charge < -0.3 is 30.1 Å². The molecule has 1 aromatic rings. The van der Waals surface area contributed by atoms with Crippen molar-refractivity contribution >= 4 is 5.91 Å².